The van der Waals surface area contributed by atoms with Crippen molar-refractivity contribution in [3.8, 4) is 23.7 Å². The fourth-order valence-corrected chi connectivity index (χ4v) is 9.87. The van der Waals surface area contributed by atoms with Gasteiger partial charge in [0.2, 0.25) is 29.5 Å². The Hall–Kier alpha value is -6.56. The normalized spacial score (nSPS) is 20.1. The van der Waals surface area contributed by atoms with Crippen molar-refractivity contribution in [2.45, 2.75) is 141 Å². The fraction of sp³-hybridized carbons (Fsp3) is 0.525. The summed E-state index contributed by atoms with van der Waals surface area (Å²) in [5.41, 5.74) is 3.30. The van der Waals surface area contributed by atoms with E-state index in [9.17, 15) is 28.8 Å². The average molecular weight is 1030 g/mol. The predicted molar refractivity (Wildman–Crippen MR) is 289 cm³/mol. The van der Waals surface area contributed by atoms with Crippen molar-refractivity contribution in [2.75, 3.05) is 53.5 Å². The molecule has 2 fully saturated rings. The quantitative estimate of drug-likeness (QED) is 0.0969. The number of nitrogens with one attached hydrogen (secondary N) is 5. The number of rotatable bonds is 21. The van der Waals surface area contributed by atoms with E-state index < -0.39 is 47.8 Å². The molecule has 402 valence electrons. The van der Waals surface area contributed by atoms with Gasteiger partial charge < -0.3 is 50.8 Å². The van der Waals surface area contributed by atoms with Crippen molar-refractivity contribution in [2.24, 2.45) is 5.41 Å². The van der Waals surface area contributed by atoms with Crippen LogP contribution in [0.15, 0.2) is 84.9 Å². The lowest BCUT2D eigenvalue weighted by atomic mass is 9.85. The molecule has 3 aliphatic rings. The van der Waals surface area contributed by atoms with Crippen molar-refractivity contribution >= 4 is 35.4 Å². The molecule has 16 heteroatoms. The van der Waals surface area contributed by atoms with Gasteiger partial charge in [-0.15, -0.1) is 0 Å². The van der Waals surface area contributed by atoms with Crippen LogP contribution in [0.4, 0.5) is 0 Å². The Balaban J connectivity index is 1.09. The highest BCUT2D eigenvalue weighted by Gasteiger charge is 2.46. The van der Waals surface area contributed by atoms with Gasteiger partial charge in [0.1, 0.15) is 31.3 Å². The van der Waals surface area contributed by atoms with Gasteiger partial charge in [-0.25, -0.2) is 0 Å². The number of amides is 6. The summed E-state index contributed by atoms with van der Waals surface area (Å²) in [7, 11) is 3.35. The lowest BCUT2D eigenvalue weighted by molar-refractivity contribution is -0.144. The Morgan fingerprint density at radius 3 is 2.08 bits per heavy atom. The van der Waals surface area contributed by atoms with Crippen LogP contribution in [0.25, 0.3) is 0 Å². The second kappa shape index (κ2) is 27.8. The van der Waals surface area contributed by atoms with E-state index in [0.29, 0.717) is 38.0 Å². The van der Waals surface area contributed by atoms with Gasteiger partial charge in [-0.05, 0) is 119 Å². The van der Waals surface area contributed by atoms with E-state index in [1.54, 1.807) is 56.8 Å². The summed E-state index contributed by atoms with van der Waals surface area (Å²) in [5, 5.41) is 15.0. The van der Waals surface area contributed by atoms with Gasteiger partial charge in [-0.3, -0.25) is 28.8 Å². The van der Waals surface area contributed by atoms with E-state index in [2.05, 4.69) is 56.3 Å². The molecule has 2 aliphatic heterocycles. The molecule has 75 heavy (non-hydrogen) atoms. The van der Waals surface area contributed by atoms with E-state index in [4.69, 9.17) is 9.47 Å². The van der Waals surface area contributed by atoms with Crippen LogP contribution in [-0.4, -0.2) is 152 Å². The summed E-state index contributed by atoms with van der Waals surface area (Å²) >= 11 is 0. The van der Waals surface area contributed by atoms with Gasteiger partial charge in [0.05, 0.1) is 30.3 Å². The van der Waals surface area contributed by atoms with Crippen LogP contribution in [0.2, 0.25) is 0 Å². The summed E-state index contributed by atoms with van der Waals surface area (Å²) in [6.07, 6.45) is 3.70. The fourth-order valence-electron chi connectivity index (χ4n) is 9.87. The number of benzene rings is 3. The zero-order chi connectivity index (χ0) is 54.1. The Morgan fingerprint density at radius 1 is 0.760 bits per heavy atom. The van der Waals surface area contributed by atoms with Crippen LogP contribution in [0.3, 0.4) is 0 Å². The van der Waals surface area contributed by atoms with E-state index in [-0.39, 0.29) is 73.7 Å². The first-order valence-corrected chi connectivity index (χ1v) is 26.5. The zero-order valence-corrected chi connectivity index (χ0v) is 45.1. The largest absolute Gasteiger partial charge is 0.364 e. The van der Waals surface area contributed by atoms with Gasteiger partial charge in [0.15, 0.2) is 0 Å². The first kappa shape index (κ1) is 57.7. The smallest absolute Gasteiger partial charge is 0.253 e. The Kier molecular flexibility index (Phi) is 21.4. The third-order valence-electron chi connectivity index (χ3n) is 14.6. The van der Waals surface area contributed by atoms with Crippen molar-refractivity contribution in [3.63, 3.8) is 0 Å². The van der Waals surface area contributed by atoms with E-state index in [1.807, 2.05) is 92.4 Å². The molecule has 16 nitrogen and oxygen atoms in total. The molecule has 0 bridgehead atoms. The number of hydrogen-bond donors (Lipinski definition) is 5. The molecule has 0 spiro atoms. The van der Waals surface area contributed by atoms with E-state index >= 15 is 0 Å². The van der Waals surface area contributed by atoms with Crippen LogP contribution in [0, 0.1) is 29.1 Å². The number of fused-ring (bicyclic) bond motifs is 1. The number of aryl methyl sites for hydroxylation is 1. The average Bonchev–Trinajstić information content (AvgIpc) is 4.08. The zero-order valence-electron chi connectivity index (χ0n) is 45.1. The minimum Gasteiger partial charge on any atom is -0.364 e. The highest BCUT2D eigenvalue weighted by atomic mass is 16.5. The lowest BCUT2D eigenvalue weighted by Crippen LogP contribution is -2.59. The molecule has 0 saturated carbocycles. The van der Waals surface area contributed by atoms with Gasteiger partial charge in [-0.2, -0.15) is 0 Å². The first-order chi connectivity index (χ1) is 36.0. The van der Waals surface area contributed by atoms with E-state index in [0.717, 1.165) is 36.8 Å². The van der Waals surface area contributed by atoms with Crippen molar-refractivity contribution in [1.82, 2.24) is 41.3 Å². The van der Waals surface area contributed by atoms with Crippen LogP contribution in [0.5, 0.6) is 0 Å². The summed E-state index contributed by atoms with van der Waals surface area (Å²) in [5.74, 6) is 9.65. The van der Waals surface area contributed by atoms with Crippen molar-refractivity contribution in [1.29, 1.82) is 0 Å². The Labute approximate surface area is 444 Å². The topological polar surface area (TPSA) is 191 Å². The molecule has 1 aliphatic carbocycles. The standard InChI is InChI=1S/C59H78N8O8/c1-40(60-7)53(68)63-51(57(72)66-33-22-29-46(66)38-65(34-32-43-23-13-11-14-24-43)56(71)45-26-15-12-16-27-45)42(3)74-35-19-9-10-20-36-75-47-37-50(55(70)62-49-31-21-28-44-25-17-18-30-48(44)49)67(39-47)58(73)52(59(4,5)6)64-54(69)41(2)61-8/h11-18,23-27,30,40-42,46-47,49-52,60-61H,21-22,28-29,31-39H2,1-8H3,(H,62,70)(H,63,68)(H,64,69)/t40-,41-,42+,46-,47-,49+,50-,51-,52+/m0/s1. The van der Waals surface area contributed by atoms with E-state index in [1.165, 1.54) is 5.56 Å². The molecule has 6 amide bonds. The maximum atomic E-state index is 14.5. The molecule has 2 heterocycles. The molecule has 9 atom stereocenters. The molecule has 3 aromatic carbocycles. The summed E-state index contributed by atoms with van der Waals surface area (Å²) in [4.78, 5) is 88.7. The molecule has 0 aromatic heterocycles. The van der Waals surface area contributed by atoms with Crippen molar-refractivity contribution < 1.29 is 38.2 Å². The van der Waals surface area contributed by atoms with Crippen LogP contribution >= 0.6 is 0 Å². The lowest BCUT2D eigenvalue weighted by Gasteiger charge is -2.36. The minimum absolute atomic E-state index is 0.0218. The van der Waals surface area contributed by atoms with Gasteiger partial charge in [0, 0.05) is 44.2 Å². The summed E-state index contributed by atoms with van der Waals surface area (Å²) in [6, 6.07) is 22.9. The van der Waals surface area contributed by atoms with Gasteiger partial charge in [0.25, 0.3) is 5.91 Å². The third kappa shape index (κ3) is 16.0. The number of hydrogen-bond acceptors (Lipinski definition) is 10. The SMILES string of the molecule is CN[C@@H](C)C(=O)N[C@H](C(=O)N1CCC[C@H]1CN(CCc1ccccc1)C(=O)c1ccccc1)[C@@H](C)OCC#CC#CCO[C@H]1C[C@@H](C(=O)N[C@@H]2CCCc3ccccc32)N(C(=O)[C@@H](NC(=O)[C@H](C)NC)C(C)(C)C)C1. The predicted octanol–water partition coefficient (Wildman–Crippen LogP) is 4.19. The number of nitrogens with zero attached hydrogens (tertiary/aromatic N) is 3. The van der Waals surface area contributed by atoms with Crippen LogP contribution < -0.4 is 26.6 Å². The Bertz CT molecular complexity index is 2550. The summed E-state index contributed by atoms with van der Waals surface area (Å²) in [6.45, 7) is 12.1. The molecule has 0 radical (unpaired) electrons. The molecular formula is C59H78N8O8. The van der Waals surface area contributed by atoms with Crippen molar-refractivity contribution in [3.05, 3.63) is 107 Å². The Morgan fingerprint density at radius 2 is 1.40 bits per heavy atom. The number of likely N-dealkylation sites (N-methyl/N-ethyl adjacent to an activating group) is 2. The second-order valence-corrected chi connectivity index (χ2v) is 20.9. The molecule has 3 aromatic rings. The minimum atomic E-state index is -1.04. The maximum absolute atomic E-state index is 14.5. The summed E-state index contributed by atoms with van der Waals surface area (Å²) < 4.78 is 12.3. The highest BCUT2D eigenvalue weighted by molar-refractivity contribution is 5.95. The second-order valence-electron chi connectivity index (χ2n) is 20.9. The van der Waals surface area contributed by atoms with Crippen LogP contribution in [-0.2, 0) is 46.3 Å². The number of carbonyl (C=O) groups is 6. The molecule has 2 saturated heterocycles. The maximum Gasteiger partial charge on any atom is 0.253 e. The van der Waals surface area contributed by atoms with Gasteiger partial charge in [-0.1, -0.05) is 105 Å². The highest BCUT2D eigenvalue weighted by Crippen LogP contribution is 2.32. The molecule has 5 N–H and O–H groups in total. The number of carbonyl (C=O) groups excluding carboxylic acids is 6. The monoisotopic (exact) mass is 1030 g/mol. The van der Waals surface area contributed by atoms with Crippen LogP contribution in [0.1, 0.15) is 107 Å². The molecular weight excluding hydrogens is 949 g/mol. The first-order valence-electron chi connectivity index (χ1n) is 26.5. The molecule has 6 rings (SSSR count). The molecule has 0 unspecified atom stereocenters. The number of ether oxygens (including phenoxy) is 2. The van der Waals surface area contributed by atoms with Gasteiger partial charge >= 0.3 is 0 Å². The number of likely N-dealkylation sites (tertiary alicyclic amines) is 2. The third-order valence-corrected chi connectivity index (χ3v) is 14.6.